The van der Waals surface area contributed by atoms with E-state index in [0.29, 0.717) is 0 Å². The quantitative estimate of drug-likeness (QED) is 0.419. The van der Waals surface area contributed by atoms with Crippen LogP contribution in [-0.2, 0) is 10.2 Å². The van der Waals surface area contributed by atoms with Gasteiger partial charge in [0.1, 0.15) is 5.58 Å². The third-order valence-corrected chi connectivity index (χ3v) is 5.81. The van der Waals surface area contributed by atoms with Gasteiger partial charge in [-0.2, -0.15) is 0 Å². The lowest BCUT2D eigenvalue weighted by Crippen LogP contribution is -2.27. The highest BCUT2D eigenvalue weighted by atomic mass is 32.1. The first-order chi connectivity index (χ1) is 13.6. The summed E-state index contributed by atoms with van der Waals surface area (Å²) in [7, 11) is 0. The number of hydrogen-bond donors (Lipinski definition) is 2. The summed E-state index contributed by atoms with van der Waals surface area (Å²) in [4.78, 5) is 14.0. The van der Waals surface area contributed by atoms with Gasteiger partial charge in [0.25, 0.3) is 0 Å². The van der Waals surface area contributed by atoms with Crippen molar-refractivity contribution in [2.75, 3.05) is 5.32 Å². The Balaban J connectivity index is 1.40. The topological polar surface area (TPSA) is 42.2 Å². The number of nitrogens with one attached hydrogen (secondary N) is 1. The van der Waals surface area contributed by atoms with Gasteiger partial charge in [0.05, 0.1) is 11.7 Å². The average molecular weight is 385 g/mol. The van der Waals surface area contributed by atoms with E-state index in [1.54, 1.807) is 6.26 Å². The molecule has 0 radical (unpaired) electrons. The van der Waals surface area contributed by atoms with E-state index in [0.717, 1.165) is 51.1 Å². The normalized spacial score (nSPS) is 14.8. The Hall–Kier alpha value is -2.98. The van der Waals surface area contributed by atoms with Crippen LogP contribution < -0.4 is 5.32 Å². The second-order valence-corrected chi connectivity index (χ2v) is 7.85. The fourth-order valence-electron chi connectivity index (χ4n) is 3.71. The molecule has 3 aromatic carbocycles. The number of benzene rings is 3. The molecule has 0 bridgehead atoms. The van der Waals surface area contributed by atoms with Gasteiger partial charge < -0.3 is 9.73 Å². The van der Waals surface area contributed by atoms with Crippen molar-refractivity contribution >= 4 is 35.2 Å². The molecule has 5 rings (SSSR count). The number of thiol groups is 1. The number of hydrogen-bond acceptors (Lipinski definition) is 3. The van der Waals surface area contributed by atoms with E-state index in [2.05, 4.69) is 17.9 Å². The van der Waals surface area contributed by atoms with Gasteiger partial charge in [-0.25, -0.2) is 0 Å². The minimum Gasteiger partial charge on any atom is -0.464 e. The first kappa shape index (κ1) is 17.1. The maximum absolute atomic E-state index is 13.1. The van der Waals surface area contributed by atoms with Gasteiger partial charge in [0.15, 0.2) is 0 Å². The molecule has 0 unspecified atom stereocenters. The van der Waals surface area contributed by atoms with Crippen molar-refractivity contribution in [2.24, 2.45) is 0 Å². The van der Waals surface area contributed by atoms with E-state index in [1.165, 1.54) is 0 Å². The van der Waals surface area contributed by atoms with Crippen molar-refractivity contribution in [3.63, 3.8) is 0 Å². The lowest BCUT2D eigenvalue weighted by Gasteiger charge is -2.16. The highest BCUT2D eigenvalue weighted by Gasteiger charge is 2.51. The van der Waals surface area contributed by atoms with Gasteiger partial charge in [0, 0.05) is 16.0 Å². The van der Waals surface area contributed by atoms with E-state index in [4.69, 9.17) is 4.42 Å². The molecule has 1 aliphatic carbocycles. The van der Waals surface area contributed by atoms with Crippen LogP contribution in [0.3, 0.4) is 0 Å². The lowest BCUT2D eigenvalue weighted by molar-refractivity contribution is -0.118. The SMILES string of the molecule is O=C(Nc1cccc(-c2ccc(S)cc2)c1)C1(c2ccc3ccoc3c2)CC1. The number of carbonyl (C=O) groups is 1. The molecule has 4 aromatic rings. The van der Waals surface area contributed by atoms with Crippen LogP contribution in [0.5, 0.6) is 0 Å². The van der Waals surface area contributed by atoms with Crippen LogP contribution in [0.15, 0.2) is 88.4 Å². The third-order valence-electron chi connectivity index (χ3n) is 5.51. The summed E-state index contributed by atoms with van der Waals surface area (Å²) in [5.41, 5.74) is 4.36. The Kier molecular flexibility index (Phi) is 4.02. The number of amides is 1. The zero-order valence-electron chi connectivity index (χ0n) is 15.2. The molecular weight excluding hydrogens is 366 g/mol. The van der Waals surface area contributed by atoms with Gasteiger partial charge in [-0.1, -0.05) is 36.4 Å². The first-order valence-electron chi connectivity index (χ1n) is 9.33. The number of fused-ring (bicyclic) bond motifs is 1. The molecule has 0 aliphatic heterocycles. The van der Waals surface area contributed by atoms with Gasteiger partial charge in [-0.3, -0.25) is 4.79 Å². The van der Waals surface area contributed by atoms with E-state index in [1.807, 2.05) is 72.8 Å². The van der Waals surface area contributed by atoms with Crippen LogP contribution in [0.2, 0.25) is 0 Å². The van der Waals surface area contributed by atoms with Crippen molar-refractivity contribution in [1.82, 2.24) is 0 Å². The van der Waals surface area contributed by atoms with E-state index < -0.39 is 5.41 Å². The van der Waals surface area contributed by atoms with Crippen LogP contribution in [0.25, 0.3) is 22.1 Å². The standard InChI is InChI=1S/C24H19NO2S/c26-23(24(11-12-24)19-7-4-17-10-13-27-22(17)15-19)25-20-3-1-2-18(14-20)16-5-8-21(28)9-6-16/h1-10,13-15,28H,11-12H2,(H,25,26). The van der Waals surface area contributed by atoms with Gasteiger partial charge in [-0.05, 0) is 65.9 Å². The average Bonchev–Trinajstić information content (AvgIpc) is 3.40. The zero-order chi connectivity index (χ0) is 19.1. The molecule has 1 amide bonds. The van der Waals surface area contributed by atoms with Crippen molar-refractivity contribution in [3.8, 4) is 11.1 Å². The fourth-order valence-corrected chi connectivity index (χ4v) is 3.85. The van der Waals surface area contributed by atoms with Crippen molar-refractivity contribution in [2.45, 2.75) is 23.2 Å². The summed E-state index contributed by atoms with van der Waals surface area (Å²) in [5.74, 6) is 0.0428. The van der Waals surface area contributed by atoms with E-state index in [-0.39, 0.29) is 5.91 Å². The predicted molar refractivity (Wildman–Crippen MR) is 115 cm³/mol. The Labute approximate surface area is 168 Å². The molecule has 1 aromatic heterocycles. The molecule has 3 nitrogen and oxygen atoms in total. The summed E-state index contributed by atoms with van der Waals surface area (Å²) < 4.78 is 5.52. The lowest BCUT2D eigenvalue weighted by atomic mass is 9.94. The van der Waals surface area contributed by atoms with Gasteiger partial charge in [-0.15, -0.1) is 12.6 Å². The van der Waals surface area contributed by atoms with Gasteiger partial charge >= 0.3 is 0 Å². The minimum atomic E-state index is -0.454. The summed E-state index contributed by atoms with van der Waals surface area (Å²) >= 11 is 4.34. The number of furan rings is 1. The maximum Gasteiger partial charge on any atom is 0.235 e. The molecule has 0 atom stereocenters. The Morgan fingerprint density at radius 1 is 0.929 bits per heavy atom. The zero-order valence-corrected chi connectivity index (χ0v) is 16.1. The number of rotatable bonds is 4. The number of anilines is 1. The minimum absolute atomic E-state index is 0.0428. The Morgan fingerprint density at radius 3 is 2.54 bits per heavy atom. The number of carbonyl (C=O) groups excluding carboxylic acids is 1. The van der Waals surface area contributed by atoms with Crippen LogP contribution in [0.4, 0.5) is 5.69 Å². The molecule has 1 aliphatic rings. The molecule has 0 spiro atoms. The molecule has 4 heteroatoms. The Morgan fingerprint density at radius 2 is 1.75 bits per heavy atom. The van der Waals surface area contributed by atoms with Crippen LogP contribution in [0.1, 0.15) is 18.4 Å². The van der Waals surface area contributed by atoms with Crippen molar-refractivity contribution in [3.05, 3.63) is 84.6 Å². The van der Waals surface area contributed by atoms with Crippen LogP contribution in [0, 0.1) is 0 Å². The Bertz CT molecular complexity index is 1170. The summed E-state index contributed by atoms with van der Waals surface area (Å²) in [6.45, 7) is 0. The van der Waals surface area contributed by atoms with Crippen LogP contribution >= 0.6 is 12.6 Å². The summed E-state index contributed by atoms with van der Waals surface area (Å²) in [6, 6.07) is 23.9. The van der Waals surface area contributed by atoms with Crippen molar-refractivity contribution in [1.29, 1.82) is 0 Å². The predicted octanol–water partition coefficient (Wildman–Crippen LogP) is 6.06. The van der Waals surface area contributed by atoms with Crippen molar-refractivity contribution < 1.29 is 9.21 Å². The highest BCUT2D eigenvalue weighted by Crippen LogP contribution is 2.49. The molecule has 138 valence electrons. The summed E-state index contributed by atoms with van der Waals surface area (Å²) in [6.07, 6.45) is 3.39. The summed E-state index contributed by atoms with van der Waals surface area (Å²) in [5, 5.41) is 4.18. The highest BCUT2D eigenvalue weighted by molar-refractivity contribution is 7.80. The smallest absolute Gasteiger partial charge is 0.235 e. The van der Waals surface area contributed by atoms with Crippen LogP contribution in [-0.4, -0.2) is 5.91 Å². The molecule has 1 N–H and O–H groups in total. The molecule has 1 fully saturated rings. The van der Waals surface area contributed by atoms with Gasteiger partial charge in [0.2, 0.25) is 5.91 Å². The first-order valence-corrected chi connectivity index (χ1v) is 9.77. The third kappa shape index (κ3) is 3.00. The van der Waals surface area contributed by atoms with E-state index >= 15 is 0 Å². The second-order valence-electron chi connectivity index (χ2n) is 7.34. The molecule has 28 heavy (non-hydrogen) atoms. The largest absolute Gasteiger partial charge is 0.464 e. The second kappa shape index (κ2) is 6.57. The molecule has 1 saturated carbocycles. The maximum atomic E-state index is 13.1. The molecule has 0 saturated heterocycles. The monoisotopic (exact) mass is 385 g/mol. The molecule has 1 heterocycles. The fraction of sp³-hybridized carbons (Fsp3) is 0.125. The van der Waals surface area contributed by atoms with E-state index in [9.17, 15) is 4.79 Å². The molecular formula is C24H19NO2S.